The van der Waals surface area contributed by atoms with Gasteiger partial charge in [0.2, 0.25) is 0 Å². The van der Waals surface area contributed by atoms with Crippen molar-refractivity contribution in [3.8, 4) is 0 Å². The number of hydrogen-bond acceptors (Lipinski definition) is 6. The number of Topliss-reactive ketones (excluding diaryl/α,β-unsaturated/α-hetero) is 1. The van der Waals surface area contributed by atoms with Gasteiger partial charge in [0.25, 0.3) is 11.8 Å². The number of rotatable bonds is 5. The van der Waals surface area contributed by atoms with Crippen LogP contribution in [0.5, 0.6) is 0 Å². The number of benzene rings is 1. The Bertz CT molecular complexity index is 1030. The Balaban J connectivity index is 1.74. The number of carbonyl (C=O) groups excluding carboxylic acids is 3. The second-order valence-electron chi connectivity index (χ2n) is 5.80. The quantitative estimate of drug-likeness (QED) is 0.673. The lowest BCUT2D eigenvalue weighted by Crippen LogP contribution is -2.17. The van der Waals surface area contributed by atoms with E-state index in [1.807, 2.05) is 0 Å². The van der Waals surface area contributed by atoms with E-state index in [-0.39, 0.29) is 22.9 Å². The molecule has 0 bridgehead atoms. The lowest BCUT2D eigenvalue weighted by molar-refractivity contribution is 0.100. The van der Waals surface area contributed by atoms with Gasteiger partial charge < -0.3 is 15.2 Å². The van der Waals surface area contributed by atoms with Crippen molar-refractivity contribution >= 4 is 29.1 Å². The fourth-order valence-electron chi connectivity index (χ4n) is 2.32. The number of aryl methyl sites for hydroxylation is 1. The van der Waals surface area contributed by atoms with Crippen molar-refractivity contribution in [1.82, 2.24) is 10.1 Å². The molecule has 2 heterocycles. The molecule has 0 radical (unpaired) electrons. The lowest BCUT2D eigenvalue weighted by atomic mass is 10.1. The van der Waals surface area contributed by atoms with Gasteiger partial charge in [-0.15, -0.1) is 0 Å². The number of carbonyl (C=O) groups is 3. The Morgan fingerprint density at radius 1 is 0.963 bits per heavy atom. The predicted octanol–water partition coefficient (Wildman–Crippen LogP) is 3.09. The first-order valence-electron chi connectivity index (χ1n) is 8.05. The Morgan fingerprint density at radius 3 is 2.48 bits per heavy atom. The van der Waals surface area contributed by atoms with Crippen LogP contribution in [0.4, 0.5) is 11.5 Å². The molecule has 3 aromatic rings. The number of hydrogen-bond donors (Lipinski definition) is 2. The Hall–Kier alpha value is -3.81. The van der Waals surface area contributed by atoms with Gasteiger partial charge in [-0.05, 0) is 38.1 Å². The molecule has 27 heavy (non-hydrogen) atoms. The summed E-state index contributed by atoms with van der Waals surface area (Å²) < 4.78 is 4.89. The molecule has 2 amide bonds. The van der Waals surface area contributed by atoms with E-state index in [1.165, 1.54) is 25.3 Å². The summed E-state index contributed by atoms with van der Waals surface area (Å²) in [6, 6.07) is 11.0. The van der Waals surface area contributed by atoms with Crippen molar-refractivity contribution in [1.29, 1.82) is 0 Å². The summed E-state index contributed by atoms with van der Waals surface area (Å²) in [6.07, 6.45) is 1.36. The molecule has 0 saturated carbocycles. The number of nitrogens with zero attached hydrogens (tertiary/aromatic N) is 2. The molecule has 2 aromatic heterocycles. The van der Waals surface area contributed by atoms with E-state index >= 15 is 0 Å². The van der Waals surface area contributed by atoms with Crippen molar-refractivity contribution in [3.05, 3.63) is 71.2 Å². The molecule has 0 saturated heterocycles. The van der Waals surface area contributed by atoms with Gasteiger partial charge in [-0.3, -0.25) is 19.4 Å². The van der Waals surface area contributed by atoms with E-state index in [9.17, 15) is 14.4 Å². The van der Waals surface area contributed by atoms with Gasteiger partial charge in [-0.2, -0.15) is 0 Å². The molecule has 8 nitrogen and oxygen atoms in total. The molecule has 0 fully saturated rings. The first-order chi connectivity index (χ1) is 12.9. The van der Waals surface area contributed by atoms with Crippen LogP contribution in [0.3, 0.4) is 0 Å². The number of anilines is 2. The average molecular weight is 364 g/mol. The number of amides is 2. The highest BCUT2D eigenvalue weighted by Crippen LogP contribution is 2.14. The maximum Gasteiger partial charge on any atom is 0.274 e. The zero-order valence-electron chi connectivity index (χ0n) is 14.6. The van der Waals surface area contributed by atoms with Crippen molar-refractivity contribution in [3.63, 3.8) is 0 Å². The zero-order valence-corrected chi connectivity index (χ0v) is 14.6. The van der Waals surface area contributed by atoms with Crippen LogP contribution in [0.1, 0.15) is 43.9 Å². The first-order valence-corrected chi connectivity index (χ1v) is 8.05. The maximum atomic E-state index is 12.4. The molecule has 2 N–H and O–H groups in total. The topological polar surface area (TPSA) is 114 Å². The van der Waals surface area contributed by atoms with Crippen LogP contribution in [0.15, 0.2) is 53.2 Å². The molecule has 1 aromatic carbocycles. The van der Waals surface area contributed by atoms with E-state index in [1.54, 1.807) is 37.3 Å². The third-order valence-corrected chi connectivity index (χ3v) is 3.65. The largest absolute Gasteiger partial charge is 0.360 e. The normalized spacial score (nSPS) is 10.3. The van der Waals surface area contributed by atoms with Crippen LogP contribution in [0.2, 0.25) is 0 Å². The number of aromatic nitrogens is 2. The highest BCUT2D eigenvalue weighted by molar-refractivity contribution is 6.07. The average Bonchev–Trinajstić information content (AvgIpc) is 3.06. The van der Waals surface area contributed by atoms with Crippen LogP contribution in [0.25, 0.3) is 0 Å². The van der Waals surface area contributed by atoms with Gasteiger partial charge in [0, 0.05) is 29.1 Å². The minimum absolute atomic E-state index is 0.0622. The fraction of sp³-hybridized carbons (Fsp3) is 0.105. The summed E-state index contributed by atoms with van der Waals surface area (Å²) in [4.78, 5) is 40.1. The summed E-state index contributed by atoms with van der Waals surface area (Å²) in [6.45, 7) is 3.15. The summed E-state index contributed by atoms with van der Waals surface area (Å²) >= 11 is 0. The Morgan fingerprint density at radius 2 is 1.78 bits per heavy atom. The van der Waals surface area contributed by atoms with Crippen molar-refractivity contribution in [2.75, 3.05) is 10.6 Å². The van der Waals surface area contributed by atoms with E-state index < -0.39 is 11.8 Å². The van der Waals surface area contributed by atoms with Crippen LogP contribution < -0.4 is 10.6 Å². The summed E-state index contributed by atoms with van der Waals surface area (Å²) in [7, 11) is 0. The molecule has 0 atom stereocenters. The fourth-order valence-corrected chi connectivity index (χ4v) is 2.32. The first kappa shape index (κ1) is 18.0. The second kappa shape index (κ2) is 7.61. The standard InChI is InChI=1S/C19H16N4O4/c1-11-8-17(23-27-11)22-18(25)14-6-7-20-16(10-14)19(26)21-15-5-3-4-13(9-15)12(2)24/h3-10H,1-2H3,(H,21,26)(H,22,23,25). The molecule has 0 aliphatic carbocycles. The summed E-state index contributed by atoms with van der Waals surface area (Å²) in [5, 5.41) is 8.92. The minimum atomic E-state index is -0.498. The van der Waals surface area contributed by atoms with Gasteiger partial charge >= 0.3 is 0 Å². The van der Waals surface area contributed by atoms with Gasteiger partial charge in [-0.25, -0.2) is 0 Å². The third-order valence-electron chi connectivity index (χ3n) is 3.65. The molecular formula is C19H16N4O4. The predicted molar refractivity (Wildman–Crippen MR) is 97.8 cm³/mol. The van der Waals surface area contributed by atoms with Gasteiger partial charge in [0.1, 0.15) is 11.5 Å². The smallest absolute Gasteiger partial charge is 0.274 e. The molecule has 3 rings (SSSR count). The number of ketones is 1. The second-order valence-corrected chi connectivity index (χ2v) is 5.80. The van der Waals surface area contributed by atoms with Crippen LogP contribution >= 0.6 is 0 Å². The third kappa shape index (κ3) is 4.43. The number of pyridine rings is 1. The van der Waals surface area contributed by atoms with Crippen molar-refractivity contribution < 1.29 is 18.9 Å². The molecule has 8 heteroatoms. The van der Waals surface area contributed by atoms with E-state index in [0.29, 0.717) is 17.0 Å². The van der Waals surface area contributed by atoms with Crippen molar-refractivity contribution in [2.45, 2.75) is 13.8 Å². The minimum Gasteiger partial charge on any atom is -0.360 e. The Kier molecular flexibility index (Phi) is 5.07. The highest BCUT2D eigenvalue weighted by Gasteiger charge is 2.14. The molecule has 136 valence electrons. The molecule has 0 unspecified atom stereocenters. The van der Waals surface area contributed by atoms with Crippen molar-refractivity contribution in [2.24, 2.45) is 0 Å². The maximum absolute atomic E-state index is 12.4. The monoisotopic (exact) mass is 364 g/mol. The summed E-state index contributed by atoms with van der Waals surface area (Å²) in [5.41, 5.74) is 1.25. The molecule has 0 spiro atoms. The number of nitrogens with one attached hydrogen (secondary N) is 2. The van der Waals surface area contributed by atoms with Crippen LogP contribution in [-0.4, -0.2) is 27.7 Å². The van der Waals surface area contributed by atoms with Crippen LogP contribution in [0, 0.1) is 6.92 Å². The van der Waals surface area contributed by atoms with Gasteiger partial charge in [-0.1, -0.05) is 17.3 Å². The SMILES string of the molecule is CC(=O)c1cccc(NC(=O)c2cc(C(=O)Nc3cc(C)on3)ccn2)c1. The lowest BCUT2D eigenvalue weighted by Gasteiger charge is -2.07. The Labute approximate surface area is 154 Å². The molecule has 0 aliphatic rings. The molecular weight excluding hydrogens is 348 g/mol. The van der Waals surface area contributed by atoms with Crippen LogP contribution in [-0.2, 0) is 0 Å². The van der Waals surface area contributed by atoms with E-state index in [2.05, 4.69) is 20.8 Å². The summed E-state index contributed by atoms with van der Waals surface area (Å²) in [5.74, 6) is -0.207. The van der Waals surface area contributed by atoms with Gasteiger partial charge in [0.05, 0.1) is 0 Å². The van der Waals surface area contributed by atoms with Gasteiger partial charge in [0.15, 0.2) is 11.6 Å². The van der Waals surface area contributed by atoms with E-state index in [0.717, 1.165) is 0 Å². The molecule has 0 aliphatic heterocycles. The highest BCUT2D eigenvalue weighted by atomic mass is 16.5. The zero-order chi connectivity index (χ0) is 19.4. The van der Waals surface area contributed by atoms with E-state index in [4.69, 9.17) is 4.52 Å².